The Labute approximate surface area is 213 Å². The summed E-state index contributed by atoms with van der Waals surface area (Å²) in [5.41, 5.74) is 3.42. The molecule has 4 N–H and O–H groups in total. The zero-order chi connectivity index (χ0) is 27.4. The van der Waals surface area contributed by atoms with Gasteiger partial charge in [-0.3, -0.25) is 24.1 Å². The molecule has 1 aromatic carbocycles. The number of Topliss-reactive ketones (excluding diaryl/α,β-unsaturated/α-hetero) is 3. The zero-order valence-corrected chi connectivity index (χ0v) is 21.1. The Morgan fingerprint density at radius 3 is 2.49 bits per heavy atom. The summed E-state index contributed by atoms with van der Waals surface area (Å²) in [6.45, 7) is 2.87. The Morgan fingerprint density at radius 1 is 1.22 bits per heavy atom. The lowest BCUT2D eigenvalue weighted by molar-refractivity contribution is -0.171. The standard InChI is InChI=1S/C26H30N2O9/c1-5-36-16(30)10-37-22-19(25(27)34)24(33)26(35)14(20(22)28(3)4)9-12-8-13-11(2)6-7-15(29)18(13)21(31)17(12)23(26)32/h6-7,12,14,17,20,29,35H,5,8-10H2,1-4H3,(H2,27,34)/t12-,14-,17?,20-,26-/m0/s1. The van der Waals surface area contributed by atoms with E-state index in [1.807, 2.05) is 0 Å². The highest BCUT2D eigenvalue weighted by Crippen LogP contribution is 2.51. The van der Waals surface area contributed by atoms with Gasteiger partial charge in [-0.15, -0.1) is 0 Å². The Morgan fingerprint density at radius 2 is 1.89 bits per heavy atom. The average Bonchev–Trinajstić information content (AvgIpc) is 2.81. The molecule has 1 saturated carbocycles. The zero-order valence-electron chi connectivity index (χ0n) is 21.1. The molecule has 0 aliphatic heterocycles. The number of benzene rings is 1. The first-order chi connectivity index (χ1) is 17.4. The highest BCUT2D eigenvalue weighted by Gasteiger charge is 2.67. The summed E-state index contributed by atoms with van der Waals surface area (Å²) in [7, 11) is 3.21. The molecule has 0 aromatic heterocycles. The molecule has 198 valence electrons. The fraction of sp³-hybridized carbons (Fsp3) is 0.500. The van der Waals surface area contributed by atoms with Crippen LogP contribution in [-0.2, 0) is 35.1 Å². The van der Waals surface area contributed by atoms with Crippen molar-refractivity contribution in [2.24, 2.45) is 23.5 Å². The number of fused-ring (bicyclic) bond motifs is 3. The average molecular weight is 515 g/mol. The van der Waals surface area contributed by atoms with Gasteiger partial charge in [0.1, 0.15) is 17.1 Å². The smallest absolute Gasteiger partial charge is 0.344 e. The van der Waals surface area contributed by atoms with E-state index in [1.165, 1.54) is 6.07 Å². The third-order valence-corrected chi connectivity index (χ3v) is 7.67. The van der Waals surface area contributed by atoms with Crippen LogP contribution in [0.15, 0.2) is 23.5 Å². The van der Waals surface area contributed by atoms with Crippen LogP contribution in [0, 0.1) is 24.7 Å². The van der Waals surface area contributed by atoms with Crippen molar-refractivity contribution >= 4 is 29.2 Å². The van der Waals surface area contributed by atoms with E-state index in [-0.39, 0.29) is 36.5 Å². The molecule has 3 aliphatic carbocycles. The van der Waals surface area contributed by atoms with Gasteiger partial charge in [-0.2, -0.15) is 0 Å². The van der Waals surface area contributed by atoms with Gasteiger partial charge in [0.2, 0.25) is 5.78 Å². The minimum atomic E-state index is -2.73. The van der Waals surface area contributed by atoms with Crippen LogP contribution in [0.25, 0.3) is 0 Å². The van der Waals surface area contributed by atoms with Crippen molar-refractivity contribution in [1.82, 2.24) is 4.90 Å². The van der Waals surface area contributed by atoms with Crippen LogP contribution in [0.1, 0.15) is 34.8 Å². The molecule has 11 heteroatoms. The van der Waals surface area contributed by atoms with Gasteiger partial charge in [0.25, 0.3) is 5.91 Å². The van der Waals surface area contributed by atoms with E-state index in [4.69, 9.17) is 15.2 Å². The molecule has 0 spiro atoms. The number of phenols is 1. The molecule has 1 unspecified atom stereocenters. The molecular weight excluding hydrogens is 484 g/mol. The Bertz CT molecular complexity index is 1250. The number of amides is 1. The second-order valence-electron chi connectivity index (χ2n) is 9.97. The summed E-state index contributed by atoms with van der Waals surface area (Å²) < 4.78 is 10.5. The topological polar surface area (TPSA) is 174 Å². The lowest BCUT2D eigenvalue weighted by Gasteiger charge is -2.52. The van der Waals surface area contributed by atoms with Crippen molar-refractivity contribution < 1.29 is 43.7 Å². The van der Waals surface area contributed by atoms with Crippen molar-refractivity contribution in [2.75, 3.05) is 27.3 Å². The van der Waals surface area contributed by atoms with Crippen LogP contribution >= 0.6 is 0 Å². The van der Waals surface area contributed by atoms with Crippen molar-refractivity contribution in [1.29, 1.82) is 0 Å². The summed E-state index contributed by atoms with van der Waals surface area (Å²) in [4.78, 5) is 67.0. The molecule has 0 saturated heterocycles. The SMILES string of the molecule is CCOC(=O)COC1=C(C(N)=O)C(=O)[C@@]2(O)C(=O)C3C(=O)c4c(O)ccc(C)c4C[C@H]3C[C@H]2[C@@H]1N(C)C. The van der Waals surface area contributed by atoms with Gasteiger partial charge in [-0.25, -0.2) is 4.79 Å². The summed E-state index contributed by atoms with van der Waals surface area (Å²) in [5.74, 6) is -8.53. The lowest BCUT2D eigenvalue weighted by Crippen LogP contribution is -2.69. The van der Waals surface area contributed by atoms with Gasteiger partial charge in [0.05, 0.1) is 24.1 Å². The largest absolute Gasteiger partial charge is 0.507 e. The summed E-state index contributed by atoms with van der Waals surface area (Å²) in [6, 6.07) is 2.05. The number of aryl methyl sites for hydroxylation is 1. The van der Waals surface area contributed by atoms with Gasteiger partial charge in [0, 0.05) is 5.92 Å². The summed E-state index contributed by atoms with van der Waals surface area (Å²) in [6.07, 6.45) is 0.324. The maximum absolute atomic E-state index is 13.9. The number of esters is 1. The number of rotatable bonds is 6. The number of carbonyl (C=O) groups excluding carboxylic acids is 5. The number of ether oxygens (including phenoxy) is 2. The fourth-order valence-electron chi connectivity index (χ4n) is 6.09. The Kier molecular flexibility index (Phi) is 6.72. The first-order valence-electron chi connectivity index (χ1n) is 12.0. The summed E-state index contributed by atoms with van der Waals surface area (Å²) in [5, 5.41) is 22.1. The molecule has 1 fully saturated rings. The van der Waals surface area contributed by atoms with Gasteiger partial charge in [0.15, 0.2) is 23.8 Å². The minimum Gasteiger partial charge on any atom is -0.507 e. The number of likely N-dealkylation sites (N-methyl/N-ethyl adjacent to an activating group) is 1. The van der Waals surface area contributed by atoms with E-state index in [0.717, 1.165) is 5.56 Å². The van der Waals surface area contributed by atoms with Crippen molar-refractivity contribution in [3.8, 4) is 5.75 Å². The second kappa shape index (κ2) is 9.38. The lowest BCUT2D eigenvalue weighted by atomic mass is 9.54. The minimum absolute atomic E-state index is 0.00759. The van der Waals surface area contributed by atoms with E-state index in [2.05, 4.69) is 0 Å². The third-order valence-electron chi connectivity index (χ3n) is 7.67. The van der Waals surface area contributed by atoms with Crippen LogP contribution in [-0.4, -0.2) is 83.3 Å². The second-order valence-corrected chi connectivity index (χ2v) is 9.97. The maximum atomic E-state index is 13.9. The number of hydrogen-bond donors (Lipinski definition) is 3. The van der Waals surface area contributed by atoms with E-state index >= 15 is 0 Å². The van der Waals surface area contributed by atoms with Crippen LogP contribution in [0.3, 0.4) is 0 Å². The number of phenolic OH excluding ortho intramolecular Hbond substituents is 1. The van der Waals surface area contributed by atoms with Crippen molar-refractivity contribution in [3.63, 3.8) is 0 Å². The van der Waals surface area contributed by atoms with E-state index < -0.39 is 70.8 Å². The van der Waals surface area contributed by atoms with E-state index in [9.17, 15) is 34.2 Å². The van der Waals surface area contributed by atoms with E-state index in [0.29, 0.717) is 5.56 Å². The number of nitrogens with two attached hydrogens (primary N) is 1. The van der Waals surface area contributed by atoms with Crippen LogP contribution in [0.5, 0.6) is 5.75 Å². The molecule has 0 bridgehead atoms. The first-order valence-corrected chi connectivity index (χ1v) is 12.0. The van der Waals surface area contributed by atoms with Crippen LogP contribution in [0.2, 0.25) is 0 Å². The predicted molar refractivity (Wildman–Crippen MR) is 127 cm³/mol. The van der Waals surface area contributed by atoms with Crippen molar-refractivity contribution in [2.45, 2.75) is 38.3 Å². The molecule has 5 atom stereocenters. The monoisotopic (exact) mass is 514 g/mol. The van der Waals surface area contributed by atoms with Crippen molar-refractivity contribution in [3.05, 3.63) is 40.2 Å². The molecule has 1 aromatic rings. The highest BCUT2D eigenvalue weighted by molar-refractivity contribution is 6.32. The molecule has 37 heavy (non-hydrogen) atoms. The van der Waals surface area contributed by atoms with Crippen LogP contribution < -0.4 is 5.73 Å². The normalized spacial score (nSPS) is 29.0. The fourth-order valence-corrected chi connectivity index (χ4v) is 6.09. The van der Waals surface area contributed by atoms with Gasteiger partial charge >= 0.3 is 5.97 Å². The predicted octanol–water partition coefficient (Wildman–Crippen LogP) is -0.176. The molecule has 11 nitrogen and oxygen atoms in total. The van der Waals surface area contributed by atoms with Gasteiger partial charge in [-0.05, 0) is 63.9 Å². The number of carbonyl (C=O) groups is 5. The van der Waals surface area contributed by atoms with Gasteiger partial charge in [-0.1, -0.05) is 6.07 Å². The molecule has 4 rings (SSSR count). The number of aromatic hydroxyl groups is 1. The molecule has 3 aliphatic rings. The number of aliphatic hydroxyl groups is 1. The quantitative estimate of drug-likeness (QED) is 0.263. The maximum Gasteiger partial charge on any atom is 0.344 e. The molecule has 0 heterocycles. The molecule has 1 amide bonds. The first kappa shape index (κ1) is 26.5. The molecule has 0 radical (unpaired) electrons. The van der Waals surface area contributed by atoms with Crippen LogP contribution in [0.4, 0.5) is 0 Å². The number of primary amides is 1. The third kappa shape index (κ3) is 3.93. The number of ketones is 3. The highest BCUT2D eigenvalue weighted by atomic mass is 16.6. The Balaban J connectivity index is 1.85. The summed E-state index contributed by atoms with van der Waals surface area (Å²) >= 11 is 0. The van der Waals surface area contributed by atoms with E-state index in [1.54, 1.807) is 38.9 Å². The number of nitrogens with zero attached hydrogens (tertiary/aromatic N) is 1. The Hall–Kier alpha value is -3.57. The van der Waals surface area contributed by atoms with Gasteiger partial charge < -0.3 is 25.4 Å². The molecular formula is C26H30N2O9. The number of hydrogen-bond acceptors (Lipinski definition) is 10.